The lowest BCUT2D eigenvalue weighted by Crippen LogP contribution is -2.37. The van der Waals surface area contributed by atoms with Crippen molar-refractivity contribution in [2.24, 2.45) is 0 Å². The maximum atomic E-state index is 14.2. The van der Waals surface area contributed by atoms with Crippen molar-refractivity contribution in [1.29, 1.82) is 0 Å². The molecule has 2 aliphatic rings. The summed E-state index contributed by atoms with van der Waals surface area (Å²) < 4.78 is 30.0. The molecule has 0 aliphatic carbocycles. The van der Waals surface area contributed by atoms with Gasteiger partial charge >= 0.3 is 0 Å². The van der Waals surface area contributed by atoms with E-state index in [0.29, 0.717) is 13.0 Å². The van der Waals surface area contributed by atoms with Crippen LogP contribution in [0.3, 0.4) is 0 Å². The zero-order valence-corrected chi connectivity index (χ0v) is 22.4. The molecule has 0 spiro atoms. The van der Waals surface area contributed by atoms with Crippen molar-refractivity contribution in [3.05, 3.63) is 126 Å². The number of pyridine rings is 1. The Kier molecular flexibility index (Phi) is 7.15. The van der Waals surface area contributed by atoms with Crippen LogP contribution in [-0.4, -0.2) is 43.5 Å². The van der Waals surface area contributed by atoms with Crippen LogP contribution < -0.4 is 15.5 Å². The summed E-state index contributed by atoms with van der Waals surface area (Å²) in [6, 6.07) is 29.3. The SMILES string of the molecule is O=S(=O)(c1ccccc1)N1Cc2cc(-c3ccncc3)ccc2N(C[C@H]2CNCN2)C=C1Cc1ccccc1. The van der Waals surface area contributed by atoms with E-state index < -0.39 is 10.0 Å². The highest BCUT2D eigenvalue weighted by Gasteiger charge is 2.32. The highest BCUT2D eigenvalue weighted by Crippen LogP contribution is 2.36. The Morgan fingerprint density at radius 3 is 2.33 bits per heavy atom. The average Bonchev–Trinajstić information content (AvgIpc) is 3.44. The minimum atomic E-state index is -3.83. The third-order valence-corrected chi connectivity index (χ3v) is 9.04. The van der Waals surface area contributed by atoms with Gasteiger partial charge < -0.3 is 10.2 Å². The van der Waals surface area contributed by atoms with Crippen molar-refractivity contribution in [1.82, 2.24) is 19.9 Å². The molecule has 39 heavy (non-hydrogen) atoms. The number of fused-ring (bicyclic) bond motifs is 1. The lowest BCUT2D eigenvalue weighted by molar-refractivity contribution is 0.466. The van der Waals surface area contributed by atoms with E-state index in [9.17, 15) is 8.42 Å². The largest absolute Gasteiger partial charge is 0.344 e. The third kappa shape index (κ3) is 5.45. The van der Waals surface area contributed by atoms with Crippen molar-refractivity contribution in [3.63, 3.8) is 0 Å². The number of nitrogens with one attached hydrogen (secondary N) is 2. The van der Waals surface area contributed by atoms with Gasteiger partial charge in [0.05, 0.1) is 11.4 Å². The van der Waals surface area contributed by atoms with Crippen molar-refractivity contribution >= 4 is 15.7 Å². The van der Waals surface area contributed by atoms with Crippen LogP contribution in [0.1, 0.15) is 11.1 Å². The van der Waals surface area contributed by atoms with Gasteiger partial charge in [-0.25, -0.2) is 8.42 Å². The fourth-order valence-corrected chi connectivity index (χ4v) is 6.72. The molecule has 0 saturated carbocycles. The number of aromatic nitrogens is 1. The summed E-state index contributed by atoms with van der Waals surface area (Å²) in [6.45, 7) is 2.57. The van der Waals surface area contributed by atoms with Crippen LogP contribution in [0.2, 0.25) is 0 Å². The van der Waals surface area contributed by atoms with Crippen molar-refractivity contribution in [3.8, 4) is 11.1 Å². The lowest BCUT2D eigenvalue weighted by Gasteiger charge is -2.27. The van der Waals surface area contributed by atoms with Crippen molar-refractivity contribution in [2.75, 3.05) is 24.7 Å². The number of anilines is 1. The molecule has 3 heterocycles. The summed E-state index contributed by atoms with van der Waals surface area (Å²) in [5, 5.41) is 6.87. The Hall–Kier alpha value is -3.98. The quantitative estimate of drug-likeness (QED) is 0.365. The molecule has 1 saturated heterocycles. The molecule has 3 aromatic carbocycles. The number of benzene rings is 3. The second kappa shape index (κ2) is 11.0. The van der Waals surface area contributed by atoms with Gasteiger partial charge in [0.15, 0.2) is 0 Å². The van der Waals surface area contributed by atoms with Gasteiger partial charge in [-0.05, 0) is 58.7 Å². The Morgan fingerprint density at radius 2 is 1.62 bits per heavy atom. The smallest absolute Gasteiger partial charge is 0.264 e. The molecule has 6 rings (SSSR count). The summed E-state index contributed by atoms with van der Waals surface area (Å²) >= 11 is 0. The highest BCUT2D eigenvalue weighted by atomic mass is 32.2. The summed E-state index contributed by atoms with van der Waals surface area (Å²) in [4.78, 5) is 6.65. The third-order valence-electron chi connectivity index (χ3n) is 7.22. The standard InChI is InChI=1S/C31H31N5O2S/c37-39(38,30-9-5-2-6-10-30)36-20-27-18-26(25-13-15-32-16-14-25)11-12-31(27)35(21-28-19-33-23-34-28)22-29(36)17-24-7-3-1-4-8-24/h1-16,18,22,28,33-34H,17,19-21,23H2/t28-/m1/s1. The molecule has 0 amide bonds. The molecule has 4 aromatic rings. The number of hydrogen-bond donors (Lipinski definition) is 2. The van der Waals surface area contributed by atoms with Gasteiger partial charge in [-0.3, -0.25) is 14.6 Å². The van der Waals surface area contributed by atoms with Gasteiger partial charge in [-0.1, -0.05) is 54.6 Å². The second-order valence-electron chi connectivity index (χ2n) is 9.87. The Morgan fingerprint density at radius 1 is 0.872 bits per heavy atom. The maximum absolute atomic E-state index is 14.2. The number of hydrogen-bond acceptors (Lipinski definition) is 6. The first kappa shape index (κ1) is 25.3. The molecule has 7 nitrogen and oxygen atoms in total. The van der Waals surface area contributed by atoms with Crippen LogP contribution in [0.5, 0.6) is 0 Å². The summed E-state index contributed by atoms with van der Waals surface area (Å²) in [5.74, 6) is 0. The normalized spacial score (nSPS) is 17.4. The lowest BCUT2D eigenvalue weighted by atomic mass is 10.0. The zero-order chi connectivity index (χ0) is 26.7. The van der Waals surface area contributed by atoms with E-state index in [4.69, 9.17) is 0 Å². The molecule has 198 valence electrons. The van der Waals surface area contributed by atoms with E-state index in [2.05, 4.69) is 38.7 Å². The van der Waals surface area contributed by atoms with E-state index in [1.807, 2.05) is 54.7 Å². The second-order valence-corrected chi connectivity index (χ2v) is 11.7. The van der Waals surface area contributed by atoms with Gasteiger partial charge in [-0.2, -0.15) is 0 Å². The van der Waals surface area contributed by atoms with Crippen LogP contribution in [0.15, 0.2) is 120 Å². The van der Waals surface area contributed by atoms with Gasteiger partial charge in [-0.15, -0.1) is 0 Å². The fraction of sp³-hybridized carbons (Fsp3) is 0.194. The van der Waals surface area contributed by atoms with Crippen molar-refractivity contribution in [2.45, 2.75) is 23.9 Å². The first-order valence-electron chi connectivity index (χ1n) is 13.1. The van der Waals surface area contributed by atoms with Gasteiger partial charge in [0.25, 0.3) is 10.0 Å². The van der Waals surface area contributed by atoms with Crippen molar-refractivity contribution < 1.29 is 8.42 Å². The predicted octanol–water partition coefficient (Wildman–Crippen LogP) is 4.36. The Bertz CT molecular complexity index is 1550. The minimum Gasteiger partial charge on any atom is -0.344 e. The molecule has 2 N–H and O–H groups in total. The summed E-state index contributed by atoms with van der Waals surface area (Å²) in [5.41, 5.74) is 5.83. The van der Waals surface area contributed by atoms with Crippen LogP contribution in [0, 0.1) is 0 Å². The highest BCUT2D eigenvalue weighted by molar-refractivity contribution is 7.89. The zero-order valence-electron chi connectivity index (χ0n) is 21.6. The summed E-state index contributed by atoms with van der Waals surface area (Å²) in [7, 11) is -3.83. The molecule has 1 fully saturated rings. The number of sulfonamides is 1. The fourth-order valence-electron chi connectivity index (χ4n) is 5.24. The average molecular weight is 538 g/mol. The molecule has 0 unspecified atom stereocenters. The van der Waals surface area contributed by atoms with Gasteiger partial charge in [0.1, 0.15) is 0 Å². The van der Waals surface area contributed by atoms with Crippen LogP contribution in [0.25, 0.3) is 11.1 Å². The van der Waals surface area contributed by atoms with Crippen LogP contribution in [0.4, 0.5) is 5.69 Å². The molecule has 0 bridgehead atoms. The monoisotopic (exact) mass is 537 g/mol. The van der Waals surface area contributed by atoms with E-state index in [1.165, 1.54) is 0 Å². The molecule has 2 aliphatic heterocycles. The van der Waals surface area contributed by atoms with E-state index in [1.54, 1.807) is 41.0 Å². The molecular weight excluding hydrogens is 506 g/mol. The minimum absolute atomic E-state index is 0.233. The first-order valence-corrected chi connectivity index (χ1v) is 14.6. The van der Waals surface area contributed by atoms with E-state index >= 15 is 0 Å². The van der Waals surface area contributed by atoms with Crippen LogP contribution in [-0.2, 0) is 23.0 Å². The maximum Gasteiger partial charge on any atom is 0.264 e. The Labute approximate surface area is 229 Å². The molecule has 8 heteroatoms. The number of rotatable bonds is 7. The molecule has 1 atom stereocenters. The first-order chi connectivity index (χ1) is 19.1. The van der Waals surface area contributed by atoms with Crippen LogP contribution >= 0.6 is 0 Å². The molecule has 0 radical (unpaired) electrons. The molecular formula is C31H31N5O2S. The number of allylic oxidation sites excluding steroid dienone is 1. The summed E-state index contributed by atoms with van der Waals surface area (Å²) in [6.07, 6.45) is 6.08. The van der Waals surface area contributed by atoms with E-state index in [-0.39, 0.29) is 17.5 Å². The number of nitrogens with zero attached hydrogens (tertiary/aromatic N) is 3. The molecule has 1 aromatic heterocycles. The predicted molar refractivity (Wildman–Crippen MR) is 154 cm³/mol. The van der Waals surface area contributed by atoms with E-state index in [0.717, 1.165) is 46.9 Å². The van der Waals surface area contributed by atoms with Gasteiger partial charge in [0, 0.05) is 62.2 Å². The Balaban J connectivity index is 1.49. The van der Waals surface area contributed by atoms with Gasteiger partial charge in [0.2, 0.25) is 0 Å². The topological polar surface area (TPSA) is 77.6 Å².